The number of benzene rings is 1. The lowest BCUT2D eigenvalue weighted by atomic mass is 9.85. The minimum Gasteiger partial charge on any atom is -0.493 e. The van der Waals surface area contributed by atoms with Gasteiger partial charge in [0.15, 0.2) is 11.5 Å². The number of hydrogen-bond acceptors (Lipinski definition) is 3. The normalized spacial score (nSPS) is 23.6. The predicted molar refractivity (Wildman–Crippen MR) is 87.1 cm³/mol. The quantitative estimate of drug-likeness (QED) is 0.846. The minimum absolute atomic E-state index is 0.312. The number of nitrogens with one attached hydrogen (secondary N) is 1. The summed E-state index contributed by atoms with van der Waals surface area (Å²) in [5.74, 6) is 2.54. The van der Waals surface area contributed by atoms with Crippen molar-refractivity contribution in [3.63, 3.8) is 0 Å². The lowest BCUT2D eigenvalue weighted by molar-refractivity contribution is 0.118. The van der Waals surface area contributed by atoms with Gasteiger partial charge in [-0.15, -0.1) is 0 Å². The molecule has 1 saturated carbocycles. The van der Waals surface area contributed by atoms with Crippen LogP contribution in [-0.4, -0.2) is 20.3 Å². The Balaban J connectivity index is 2.08. The zero-order chi connectivity index (χ0) is 15.2. The van der Waals surface area contributed by atoms with Gasteiger partial charge in [0.25, 0.3) is 0 Å². The molecule has 1 N–H and O–H groups in total. The summed E-state index contributed by atoms with van der Waals surface area (Å²) in [6.45, 7) is 4.42. The van der Waals surface area contributed by atoms with Crippen molar-refractivity contribution < 1.29 is 9.47 Å². The highest BCUT2D eigenvalue weighted by molar-refractivity contribution is 5.44. The molecular formula is C18H29NO2. The molecule has 0 radical (unpaired) electrons. The van der Waals surface area contributed by atoms with E-state index in [1.54, 1.807) is 7.11 Å². The molecule has 1 aliphatic carbocycles. The van der Waals surface area contributed by atoms with E-state index in [-0.39, 0.29) is 0 Å². The molecule has 1 aromatic rings. The standard InChI is InChI=1S/C18H29NO2/c1-5-14-7-6-8-16(11-14)21-17-10-9-15(13(2)19-3)12-18(17)20-4/h9-10,12-14,16,19H,5-8,11H2,1-4H3. The maximum atomic E-state index is 6.23. The van der Waals surface area contributed by atoms with Gasteiger partial charge < -0.3 is 14.8 Å². The molecule has 1 aromatic carbocycles. The zero-order valence-corrected chi connectivity index (χ0v) is 13.8. The van der Waals surface area contributed by atoms with Crippen LogP contribution in [0.2, 0.25) is 0 Å². The van der Waals surface area contributed by atoms with Crippen molar-refractivity contribution in [3.8, 4) is 11.5 Å². The molecule has 21 heavy (non-hydrogen) atoms. The Morgan fingerprint density at radius 2 is 2.10 bits per heavy atom. The highest BCUT2D eigenvalue weighted by Gasteiger charge is 2.23. The van der Waals surface area contributed by atoms with E-state index in [1.165, 1.54) is 31.2 Å². The topological polar surface area (TPSA) is 30.5 Å². The first-order valence-corrected chi connectivity index (χ1v) is 8.19. The Morgan fingerprint density at radius 3 is 2.76 bits per heavy atom. The lowest BCUT2D eigenvalue weighted by Crippen LogP contribution is -2.25. The van der Waals surface area contributed by atoms with Crippen LogP contribution in [0.4, 0.5) is 0 Å². The van der Waals surface area contributed by atoms with Crippen LogP contribution in [0.3, 0.4) is 0 Å². The van der Waals surface area contributed by atoms with Gasteiger partial charge in [-0.3, -0.25) is 0 Å². The van der Waals surface area contributed by atoms with Crippen molar-refractivity contribution in [1.29, 1.82) is 0 Å². The monoisotopic (exact) mass is 291 g/mol. The van der Waals surface area contributed by atoms with Crippen LogP contribution >= 0.6 is 0 Å². The highest BCUT2D eigenvalue weighted by Crippen LogP contribution is 2.35. The van der Waals surface area contributed by atoms with Gasteiger partial charge >= 0.3 is 0 Å². The van der Waals surface area contributed by atoms with Gasteiger partial charge in [-0.25, -0.2) is 0 Å². The van der Waals surface area contributed by atoms with Crippen molar-refractivity contribution in [1.82, 2.24) is 5.32 Å². The molecule has 1 aliphatic rings. The van der Waals surface area contributed by atoms with Gasteiger partial charge in [0.1, 0.15) is 0 Å². The Hall–Kier alpha value is -1.22. The molecule has 3 nitrogen and oxygen atoms in total. The van der Waals surface area contributed by atoms with Crippen molar-refractivity contribution in [2.45, 2.75) is 58.1 Å². The van der Waals surface area contributed by atoms with E-state index in [1.807, 2.05) is 7.05 Å². The molecule has 3 unspecified atom stereocenters. The summed E-state index contributed by atoms with van der Waals surface area (Å²) in [5, 5.41) is 3.25. The average molecular weight is 291 g/mol. The summed E-state index contributed by atoms with van der Waals surface area (Å²) in [7, 11) is 3.68. The molecule has 3 heteroatoms. The predicted octanol–water partition coefficient (Wildman–Crippen LogP) is 4.32. The first kappa shape index (κ1) is 16.2. The van der Waals surface area contributed by atoms with E-state index in [0.29, 0.717) is 12.1 Å². The van der Waals surface area contributed by atoms with E-state index < -0.39 is 0 Å². The van der Waals surface area contributed by atoms with Gasteiger partial charge in [-0.1, -0.05) is 25.8 Å². The van der Waals surface area contributed by atoms with Crippen molar-refractivity contribution in [2.75, 3.05) is 14.2 Å². The second-order valence-corrected chi connectivity index (χ2v) is 6.10. The fraction of sp³-hybridized carbons (Fsp3) is 0.667. The summed E-state index contributed by atoms with van der Waals surface area (Å²) < 4.78 is 11.8. The largest absolute Gasteiger partial charge is 0.493 e. The van der Waals surface area contributed by atoms with Gasteiger partial charge in [0.2, 0.25) is 0 Å². The maximum absolute atomic E-state index is 6.23. The van der Waals surface area contributed by atoms with Crippen LogP contribution in [0.1, 0.15) is 57.6 Å². The molecule has 0 spiro atoms. The lowest BCUT2D eigenvalue weighted by Gasteiger charge is -2.29. The summed E-state index contributed by atoms with van der Waals surface area (Å²) in [5.41, 5.74) is 1.22. The minimum atomic E-state index is 0.312. The SMILES string of the molecule is CCC1CCCC(Oc2ccc(C(C)NC)cc2OC)C1. The first-order chi connectivity index (χ1) is 10.2. The van der Waals surface area contributed by atoms with Crippen molar-refractivity contribution >= 4 is 0 Å². The third-order valence-corrected chi connectivity index (χ3v) is 4.73. The van der Waals surface area contributed by atoms with E-state index in [9.17, 15) is 0 Å². The van der Waals surface area contributed by atoms with Gasteiger partial charge in [-0.05, 0) is 56.8 Å². The van der Waals surface area contributed by atoms with Crippen molar-refractivity contribution in [2.24, 2.45) is 5.92 Å². The van der Waals surface area contributed by atoms with Crippen LogP contribution < -0.4 is 14.8 Å². The van der Waals surface area contributed by atoms with Crippen LogP contribution in [0, 0.1) is 5.92 Å². The van der Waals surface area contributed by atoms with E-state index in [0.717, 1.165) is 23.8 Å². The van der Waals surface area contributed by atoms with Crippen LogP contribution in [0.5, 0.6) is 11.5 Å². The maximum Gasteiger partial charge on any atom is 0.161 e. The van der Waals surface area contributed by atoms with Crippen molar-refractivity contribution in [3.05, 3.63) is 23.8 Å². The molecule has 0 aliphatic heterocycles. The number of hydrogen-bond donors (Lipinski definition) is 1. The van der Waals surface area contributed by atoms with Gasteiger partial charge in [0, 0.05) is 6.04 Å². The molecule has 0 heterocycles. The van der Waals surface area contributed by atoms with Gasteiger partial charge in [0.05, 0.1) is 13.2 Å². The van der Waals surface area contributed by atoms with Gasteiger partial charge in [-0.2, -0.15) is 0 Å². The van der Waals surface area contributed by atoms with Crippen LogP contribution in [0.25, 0.3) is 0 Å². The molecule has 0 amide bonds. The molecule has 0 aromatic heterocycles. The van der Waals surface area contributed by atoms with Crippen LogP contribution in [0.15, 0.2) is 18.2 Å². The third kappa shape index (κ3) is 4.13. The number of ether oxygens (including phenoxy) is 2. The Bertz CT molecular complexity index is 447. The summed E-state index contributed by atoms with van der Waals surface area (Å²) in [6, 6.07) is 6.57. The second-order valence-electron chi connectivity index (χ2n) is 6.10. The Labute approximate surface area is 129 Å². The molecule has 118 valence electrons. The second kappa shape index (κ2) is 7.69. The molecule has 2 rings (SSSR count). The fourth-order valence-corrected chi connectivity index (χ4v) is 3.12. The Morgan fingerprint density at radius 1 is 1.29 bits per heavy atom. The third-order valence-electron chi connectivity index (χ3n) is 4.73. The fourth-order valence-electron chi connectivity index (χ4n) is 3.12. The summed E-state index contributed by atoms with van der Waals surface area (Å²) in [6.07, 6.45) is 6.57. The Kier molecular flexibility index (Phi) is 5.92. The molecule has 3 atom stereocenters. The average Bonchev–Trinajstić information content (AvgIpc) is 2.54. The summed E-state index contributed by atoms with van der Waals surface area (Å²) in [4.78, 5) is 0. The smallest absolute Gasteiger partial charge is 0.161 e. The zero-order valence-electron chi connectivity index (χ0n) is 13.8. The molecule has 0 saturated heterocycles. The summed E-state index contributed by atoms with van der Waals surface area (Å²) >= 11 is 0. The van der Waals surface area contributed by atoms with Crippen LogP contribution in [-0.2, 0) is 0 Å². The molecular weight excluding hydrogens is 262 g/mol. The van der Waals surface area contributed by atoms with E-state index in [4.69, 9.17) is 9.47 Å². The van der Waals surface area contributed by atoms with E-state index in [2.05, 4.69) is 37.4 Å². The number of rotatable bonds is 6. The highest BCUT2D eigenvalue weighted by atomic mass is 16.5. The molecule has 1 fully saturated rings. The first-order valence-electron chi connectivity index (χ1n) is 8.19. The van der Waals surface area contributed by atoms with E-state index >= 15 is 0 Å². The number of methoxy groups -OCH3 is 1. The molecule has 0 bridgehead atoms.